The van der Waals surface area contributed by atoms with Crippen LogP contribution in [0.2, 0.25) is 0 Å². The number of piperidine rings is 1. The van der Waals surface area contributed by atoms with Gasteiger partial charge in [-0.1, -0.05) is 30.3 Å². The van der Waals surface area contributed by atoms with E-state index >= 15 is 0 Å². The predicted octanol–water partition coefficient (Wildman–Crippen LogP) is 3.71. The van der Waals surface area contributed by atoms with E-state index in [2.05, 4.69) is 49.9 Å². The number of hydrogen-bond donors (Lipinski definition) is 1. The first-order chi connectivity index (χ1) is 16.5. The number of nitrogens with zero attached hydrogens (tertiary/aromatic N) is 3. The van der Waals surface area contributed by atoms with Gasteiger partial charge in [0.15, 0.2) is 23.3 Å². The second-order valence-corrected chi connectivity index (χ2v) is 11.3. The van der Waals surface area contributed by atoms with Crippen LogP contribution in [0.5, 0.6) is 0 Å². The second-order valence-electron chi connectivity index (χ2n) is 9.54. The van der Waals surface area contributed by atoms with Crippen LogP contribution in [0.4, 0.5) is 5.82 Å². The SMILES string of the molecule is CS(=O)(=O)N[C@H]1CCN(c2nccc3ocnc23)C[C@H]1CO[C@H]1CC[C@@H](c2ccccc2)CC1. The fourth-order valence-corrected chi connectivity index (χ4v) is 6.24. The summed E-state index contributed by atoms with van der Waals surface area (Å²) in [7, 11) is -3.31. The van der Waals surface area contributed by atoms with Gasteiger partial charge in [-0.15, -0.1) is 0 Å². The van der Waals surface area contributed by atoms with Crippen molar-refractivity contribution in [3.63, 3.8) is 0 Å². The molecule has 3 heterocycles. The van der Waals surface area contributed by atoms with E-state index in [1.165, 1.54) is 18.2 Å². The van der Waals surface area contributed by atoms with Gasteiger partial charge in [0.25, 0.3) is 0 Å². The topological polar surface area (TPSA) is 97.6 Å². The van der Waals surface area contributed by atoms with E-state index in [9.17, 15) is 8.42 Å². The molecule has 1 aromatic carbocycles. The quantitative estimate of drug-likeness (QED) is 0.546. The summed E-state index contributed by atoms with van der Waals surface area (Å²) in [4.78, 5) is 11.1. The molecule has 2 atom stereocenters. The Bertz CT molecular complexity index is 1190. The van der Waals surface area contributed by atoms with Gasteiger partial charge in [-0.05, 0) is 43.6 Å². The van der Waals surface area contributed by atoms with Crippen molar-refractivity contribution in [2.45, 2.75) is 50.2 Å². The highest BCUT2D eigenvalue weighted by molar-refractivity contribution is 7.88. The predicted molar refractivity (Wildman–Crippen MR) is 131 cm³/mol. The van der Waals surface area contributed by atoms with Gasteiger partial charge in [-0.25, -0.2) is 23.1 Å². The fourth-order valence-electron chi connectivity index (χ4n) is 5.38. The number of anilines is 1. The number of oxazole rings is 1. The molecule has 182 valence electrons. The molecule has 0 spiro atoms. The van der Waals surface area contributed by atoms with Gasteiger partial charge in [0, 0.05) is 37.3 Å². The molecule has 1 aliphatic carbocycles. The van der Waals surface area contributed by atoms with E-state index in [0.717, 1.165) is 37.0 Å². The molecule has 1 aliphatic heterocycles. The van der Waals surface area contributed by atoms with Crippen molar-refractivity contribution in [1.82, 2.24) is 14.7 Å². The highest BCUT2D eigenvalue weighted by Gasteiger charge is 2.34. The van der Waals surface area contributed by atoms with Gasteiger partial charge in [0.05, 0.1) is 19.0 Å². The lowest BCUT2D eigenvalue weighted by Crippen LogP contribution is -2.52. The van der Waals surface area contributed by atoms with E-state index in [1.54, 1.807) is 12.3 Å². The van der Waals surface area contributed by atoms with Crippen LogP contribution >= 0.6 is 0 Å². The monoisotopic (exact) mass is 484 g/mol. The van der Waals surface area contributed by atoms with E-state index in [0.29, 0.717) is 37.6 Å². The average Bonchev–Trinajstić information content (AvgIpc) is 3.33. The van der Waals surface area contributed by atoms with Crippen LogP contribution in [0.15, 0.2) is 53.4 Å². The summed E-state index contributed by atoms with van der Waals surface area (Å²) < 4.78 is 38.7. The minimum Gasteiger partial charge on any atom is -0.443 e. The Kier molecular flexibility index (Phi) is 6.85. The van der Waals surface area contributed by atoms with Crippen molar-refractivity contribution in [1.29, 1.82) is 0 Å². The fraction of sp³-hybridized carbons (Fsp3) is 0.520. The molecule has 3 aromatic rings. The lowest BCUT2D eigenvalue weighted by atomic mass is 9.82. The zero-order valence-electron chi connectivity index (χ0n) is 19.5. The smallest absolute Gasteiger partial charge is 0.208 e. The number of rotatable bonds is 7. The Morgan fingerprint density at radius 2 is 1.88 bits per heavy atom. The van der Waals surface area contributed by atoms with Crippen molar-refractivity contribution >= 4 is 26.9 Å². The molecule has 0 radical (unpaired) electrons. The van der Waals surface area contributed by atoms with Crippen LogP contribution in [0.25, 0.3) is 11.1 Å². The zero-order valence-corrected chi connectivity index (χ0v) is 20.3. The molecule has 34 heavy (non-hydrogen) atoms. The van der Waals surface area contributed by atoms with Crippen LogP contribution in [0.1, 0.15) is 43.6 Å². The van der Waals surface area contributed by atoms with E-state index < -0.39 is 10.0 Å². The van der Waals surface area contributed by atoms with Crippen LogP contribution in [-0.2, 0) is 14.8 Å². The number of benzene rings is 1. The first-order valence-corrected chi connectivity index (χ1v) is 13.9. The largest absolute Gasteiger partial charge is 0.443 e. The molecular formula is C25H32N4O4S. The van der Waals surface area contributed by atoms with Crippen molar-refractivity contribution < 1.29 is 17.6 Å². The van der Waals surface area contributed by atoms with Crippen molar-refractivity contribution in [2.75, 3.05) is 30.9 Å². The Labute approximate surface area is 200 Å². The lowest BCUT2D eigenvalue weighted by molar-refractivity contribution is -0.00212. The van der Waals surface area contributed by atoms with Crippen LogP contribution < -0.4 is 9.62 Å². The average molecular weight is 485 g/mol. The van der Waals surface area contributed by atoms with E-state index in [-0.39, 0.29) is 18.1 Å². The van der Waals surface area contributed by atoms with Crippen LogP contribution in [-0.4, -0.2) is 56.5 Å². The zero-order chi connectivity index (χ0) is 23.5. The third-order valence-corrected chi connectivity index (χ3v) is 7.85. The molecule has 2 fully saturated rings. The maximum atomic E-state index is 12.0. The summed E-state index contributed by atoms with van der Waals surface area (Å²) in [6.07, 6.45) is 9.56. The maximum absolute atomic E-state index is 12.0. The molecule has 0 bridgehead atoms. The number of sulfonamides is 1. The minimum atomic E-state index is -3.31. The summed E-state index contributed by atoms with van der Waals surface area (Å²) in [5, 5.41) is 0. The second kappa shape index (κ2) is 10.0. The summed E-state index contributed by atoms with van der Waals surface area (Å²) in [6, 6.07) is 12.3. The summed E-state index contributed by atoms with van der Waals surface area (Å²) in [5.74, 6) is 1.39. The van der Waals surface area contributed by atoms with Crippen LogP contribution in [0.3, 0.4) is 0 Å². The number of nitrogens with one attached hydrogen (secondary N) is 1. The van der Waals surface area contributed by atoms with Gasteiger partial charge in [-0.3, -0.25) is 0 Å². The summed E-state index contributed by atoms with van der Waals surface area (Å²) >= 11 is 0. The third kappa shape index (κ3) is 5.42. The molecule has 0 amide bonds. The van der Waals surface area contributed by atoms with Crippen molar-refractivity contribution in [2.24, 2.45) is 5.92 Å². The Hall–Kier alpha value is -2.49. The minimum absolute atomic E-state index is 0.0132. The van der Waals surface area contributed by atoms with E-state index in [1.807, 2.05) is 0 Å². The van der Waals surface area contributed by atoms with Gasteiger partial charge >= 0.3 is 0 Å². The van der Waals surface area contributed by atoms with E-state index in [4.69, 9.17) is 9.15 Å². The Balaban J connectivity index is 1.24. The molecule has 2 aromatic heterocycles. The van der Waals surface area contributed by atoms with Gasteiger partial charge in [-0.2, -0.15) is 0 Å². The molecule has 0 unspecified atom stereocenters. The summed E-state index contributed by atoms with van der Waals surface area (Å²) in [5.41, 5.74) is 2.84. The van der Waals surface area contributed by atoms with Crippen molar-refractivity contribution in [3.8, 4) is 0 Å². The number of fused-ring (bicyclic) bond motifs is 1. The highest BCUT2D eigenvalue weighted by Crippen LogP contribution is 2.35. The third-order valence-electron chi connectivity index (χ3n) is 7.12. The van der Waals surface area contributed by atoms with Gasteiger partial charge < -0.3 is 14.1 Å². The number of ether oxygens (including phenoxy) is 1. The maximum Gasteiger partial charge on any atom is 0.208 e. The first kappa shape index (κ1) is 23.3. The molecule has 1 saturated heterocycles. The van der Waals surface area contributed by atoms with Crippen molar-refractivity contribution in [3.05, 3.63) is 54.6 Å². The molecule has 2 aliphatic rings. The van der Waals surface area contributed by atoms with Crippen LogP contribution in [0, 0.1) is 5.92 Å². The highest BCUT2D eigenvalue weighted by atomic mass is 32.2. The molecule has 1 saturated carbocycles. The molecular weight excluding hydrogens is 452 g/mol. The first-order valence-electron chi connectivity index (χ1n) is 12.0. The number of pyridine rings is 1. The molecule has 9 heteroatoms. The number of hydrogen-bond acceptors (Lipinski definition) is 7. The molecule has 5 rings (SSSR count). The summed E-state index contributed by atoms with van der Waals surface area (Å²) in [6.45, 7) is 1.84. The van der Waals surface area contributed by atoms with Gasteiger partial charge in [0.2, 0.25) is 10.0 Å². The lowest BCUT2D eigenvalue weighted by Gasteiger charge is -2.40. The standard InChI is InChI=1S/C25H32N4O4S/c1-34(30,31)28-22-12-14-29(25-24-23(11-13-26-25)33-17-27-24)15-20(22)16-32-21-9-7-19(8-10-21)18-5-3-2-4-6-18/h2-6,11,13,17,19-22,28H,7-10,12,14-16H2,1H3/t19-,20-,21+,22-/m0/s1. The normalized spacial score (nSPS) is 26.1. The Morgan fingerprint density at radius 1 is 1.09 bits per heavy atom. The Morgan fingerprint density at radius 3 is 2.65 bits per heavy atom. The van der Waals surface area contributed by atoms with Gasteiger partial charge in [0.1, 0.15) is 0 Å². The molecule has 8 nitrogen and oxygen atoms in total. The number of aromatic nitrogens is 2. The molecule has 1 N–H and O–H groups in total.